The van der Waals surface area contributed by atoms with Crippen LogP contribution in [0.3, 0.4) is 0 Å². The van der Waals surface area contributed by atoms with Gasteiger partial charge in [0.1, 0.15) is 11.1 Å². The van der Waals surface area contributed by atoms with Gasteiger partial charge in [-0.25, -0.2) is 9.34 Å². The molecule has 0 heterocycles. The molecule has 1 aromatic carbocycles. The molecule has 0 aliphatic heterocycles. The quantitative estimate of drug-likeness (QED) is 0.367. The van der Waals surface area contributed by atoms with Crippen molar-refractivity contribution in [2.45, 2.75) is 78.0 Å². The van der Waals surface area contributed by atoms with Gasteiger partial charge in [-0.3, -0.25) is 9.13 Å². The average Bonchev–Trinajstić information content (AvgIpc) is 2.64. The second-order valence-electron chi connectivity index (χ2n) is 10.9. The Bertz CT molecular complexity index is 844. The molecule has 0 bridgehead atoms. The summed E-state index contributed by atoms with van der Waals surface area (Å²) < 4.78 is 43.2. The van der Waals surface area contributed by atoms with Gasteiger partial charge in [0.05, 0.1) is 13.2 Å². The normalized spacial score (nSPS) is 14.8. The molecular formula is C24H46N2O5P2. The molecule has 9 heteroatoms. The summed E-state index contributed by atoms with van der Waals surface area (Å²) in [5.41, 5.74) is 1.82. The summed E-state index contributed by atoms with van der Waals surface area (Å²) in [5.74, 6) is 0.275. The van der Waals surface area contributed by atoms with Crippen LogP contribution >= 0.6 is 15.0 Å². The minimum Gasteiger partial charge on any atom is -0.507 e. The van der Waals surface area contributed by atoms with Crippen LogP contribution in [0.5, 0.6) is 5.75 Å². The summed E-state index contributed by atoms with van der Waals surface area (Å²) in [6.45, 7) is 16.2. The minimum absolute atomic E-state index is 0.185. The van der Waals surface area contributed by atoms with Crippen LogP contribution in [-0.2, 0) is 35.4 Å². The number of benzene rings is 1. The van der Waals surface area contributed by atoms with E-state index in [4.69, 9.17) is 9.05 Å². The lowest BCUT2D eigenvalue weighted by molar-refractivity contribution is 0.215. The third kappa shape index (κ3) is 6.72. The van der Waals surface area contributed by atoms with Crippen LogP contribution in [0.2, 0.25) is 0 Å². The molecule has 1 aromatic rings. The monoisotopic (exact) mass is 504 g/mol. The van der Waals surface area contributed by atoms with E-state index in [-0.39, 0.29) is 36.2 Å². The Hall–Kier alpha value is -0.680. The Balaban J connectivity index is 3.91. The zero-order valence-corrected chi connectivity index (χ0v) is 24.5. The predicted molar refractivity (Wildman–Crippen MR) is 139 cm³/mol. The molecule has 192 valence electrons. The Morgan fingerprint density at radius 1 is 0.848 bits per heavy atom. The fourth-order valence-corrected chi connectivity index (χ4v) is 11.0. The van der Waals surface area contributed by atoms with Gasteiger partial charge in [0.25, 0.3) is 0 Å². The number of hydrogen-bond donors (Lipinski definition) is 1. The van der Waals surface area contributed by atoms with E-state index in [1.54, 1.807) is 51.4 Å². The predicted octanol–water partition coefficient (Wildman–Crippen LogP) is 6.44. The third-order valence-electron chi connectivity index (χ3n) is 5.72. The Labute approximate surface area is 201 Å². The van der Waals surface area contributed by atoms with Crippen molar-refractivity contribution in [2.24, 2.45) is 0 Å². The molecule has 0 radical (unpaired) electrons. The molecule has 0 saturated carbocycles. The molecule has 0 fully saturated rings. The third-order valence-corrected chi connectivity index (χ3v) is 12.9. The smallest absolute Gasteiger partial charge is 0.343 e. The summed E-state index contributed by atoms with van der Waals surface area (Å²) in [4.78, 5) is 0. The van der Waals surface area contributed by atoms with Gasteiger partial charge in [-0.1, -0.05) is 53.7 Å². The van der Waals surface area contributed by atoms with Gasteiger partial charge in [0, 0.05) is 0 Å². The van der Waals surface area contributed by atoms with Crippen molar-refractivity contribution < 1.29 is 23.3 Å². The molecule has 1 unspecified atom stereocenters. The maximum atomic E-state index is 14.4. The zero-order chi connectivity index (χ0) is 26.0. The first-order valence-corrected chi connectivity index (χ1v) is 14.9. The van der Waals surface area contributed by atoms with Crippen LogP contribution in [0, 0.1) is 0 Å². The second-order valence-corrected chi connectivity index (χ2v) is 16.9. The number of hydrogen-bond acceptors (Lipinski definition) is 5. The van der Waals surface area contributed by atoms with Crippen molar-refractivity contribution in [2.75, 3.05) is 41.4 Å². The van der Waals surface area contributed by atoms with Crippen molar-refractivity contribution in [3.8, 4) is 5.75 Å². The van der Waals surface area contributed by atoms with E-state index >= 15 is 0 Å². The molecule has 1 rings (SSSR count). The van der Waals surface area contributed by atoms with Gasteiger partial charge < -0.3 is 14.2 Å². The molecule has 1 atom stereocenters. The van der Waals surface area contributed by atoms with Crippen molar-refractivity contribution in [3.63, 3.8) is 0 Å². The summed E-state index contributed by atoms with van der Waals surface area (Å²) >= 11 is 0. The molecule has 7 nitrogen and oxygen atoms in total. The van der Waals surface area contributed by atoms with E-state index in [1.165, 1.54) is 0 Å². The fourth-order valence-electron chi connectivity index (χ4n) is 4.04. The van der Waals surface area contributed by atoms with Gasteiger partial charge in [0.15, 0.2) is 0 Å². The molecule has 0 saturated heterocycles. The van der Waals surface area contributed by atoms with Crippen LogP contribution < -0.4 is 0 Å². The number of phenols is 1. The highest BCUT2D eigenvalue weighted by Gasteiger charge is 2.51. The second kappa shape index (κ2) is 10.9. The van der Waals surface area contributed by atoms with Crippen LogP contribution in [-0.4, -0.2) is 61.3 Å². The van der Waals surface area contributed by atoms with Gasteiger partial charge >= 0.3 is 7.60 Å². The van der Waals surface area contributed by atoms with Crippen LogP contribution in [0.15, 0.2) is 12.1 Å². The Morgan fingerprint density at radius 3 is 1.48 bits per heavy atom. The van der Waals surface area contributed by atoms with Gasteiger partial charge in [-0.2, -0.15) is 0 Å². The lowest BCUT2D eigenvalue weighted by atomic mass is 9.78. The van der Waals surface area contributed by atoms with Gasteiger partial charge in [-0.15, -0.1) is 0 Å². The summed E-state index contributed by atoms with van der Waals surface area (Å²) in [5, 5.41) is 10.2. The SMILES string of the molecule is CCOP(=O)(OCC)C(Cc1cc(C(C)(C)C)c(O)c(C(C)(C)C)c1)P(=O)(N(C)C)N(C)C. The maximum absolute atomic E-state index is 14.4. The lowest BCUT2D eigenvalue weighted by Crippen LogP contribution is -2.32. The Morgan fingerprint density at radius 2 is 1.21 bits per heavy atom. The first-order valence-electron chi connectivity index (χ1n) is 11.6. The highest BCUT2D eigenvalue weighted by atomic mass is 31.2. The number of nitrogens with zero attached hydrogens (tertiary/aromatic N) is 2. The average molecular weight is 505 g/mol. The molecule has 1 N–H and O–H groups in total. The van der Waals surface area contributed by atoms with E-state index < -0.39 is 20.4 Å². The van der Waals surface area contributed by atoms with Crippen LogP contribution in [0.1, 0.15) is 72.1 Å². The molecule has 0 amide bonds. The molecule has 0 aliphatic carbocycles. The molecule has 0 spiro atoms. The van der Waals surface area contributed by atoms with E-state index in [9.17, 15) is 14.2 Å². The lowest BCUT2D eigenvalue weighted by Gasteiger charge is -2.39. The number of phenolic OH excluding ortho intramolecular Hbond substituents is 1. The van der Waals surface area contributed by atoms with E-state index in [0.29, 0.717) is 0 Å². The van der Waals surface area contributed by atoms with Gasteiger partial charge in [-0.05, 0) is 76.0 Å². The van der Waals surface area contributed by atoms with Crippen LogP contribution in [0.25, 0.3) is 0 Å². The van der Waals surface area contributed by atoms with Crippen molar-refractivity contribution in [1.82, 2.24) is 9.34 Å². The summed E-state index contributed by atoms with van der Waals surface area (Å²) in [6, 6.07) is 3.88. The molecule has 0 aromatic heterocycles. The molecule has 33 heavy (non-hydrogen) atoms. The van der Waals surface area contributed by atoms with Crippen molar-refractivity contribution >= 4 is 15.0 Å². The minimum atomic E-state index is -3.76. The zero-order valence-electron chi connectivity index (χ0n) is 22.7. The largest absolute Gasteiger partial charge is 0.507 e. The standard InChI is InChI=1S/C24H46N2O5P2/c1-13-30-33(29,31-14-2)21(32(28,25(9)10)26(11)12)17-18-15-19(23(3,4)5)22(27)20(16-18)24(6,7)8/h15-16,21,27H,13-14,17H2,1-12H3. The number of rotatable bonds is 10. The maximum Gasteiger partial charge on any atom is 0.343 e. The molecular weight excluding hydrogens is 458 g/mol. The fraction of sp³-hybridized carbons (Fsp3) is 0.750. The number of aromatic hydroxyl groups is 1. The summed E-state index contributed by atoms with van der Waals surface area (Å²) in [7, 11) is -0.188. The van der Waals surface area contributed by atoms with E-state index in [1.807, 2.05) is 53.7 Å². The van der Waals surface area contributed by atoms with Gasteiger partial charge in [0.2, 0.25) is 7.44 Å². The topological polar surface area (TPSA) is 79.3 Å². The Kier molecular flexibility index (Phi) is 10.1. The highest BCUT2D eigenvalue weighted by Crippen LogP contribution is 2.71. The van der Waals surface area contributed by atoms with Crippen LogP contribution in [0.4, 0.5) is 0 Å². The summed E-state index contributed by atoms with van der Waals surface area (Å²) in [6.07, 6.45) is 0.220. The first kappa shape index (κ1) is 30.4. The van der Waals surface area contributed by atoms with E-state index in [0.717, 1.165) is 16.7 Å². The van der Waals surface area contributed by atoms with Crippen molar-refractivity contribution in [1.29, 1.82) is 0 Å². The van der Waals surface area contributed by atoms with E-state index in [2.05, 4.69) is 0 Å². The first-order chi connectivity index (χ1) is 14.9. The van der Waals surface area contributed by atoms with Crippen molar-refractivity contribution in [3.05, 3.63) is 28.8 Å². The molecule has 0 aliphatic rings. The highest BCUT2D eigenvalue weighted by molar-refractivity contribution is 7.75.